The minimum Gasteiger partial charge on any atom is -0.309 e. The van der Waals surface area contributed by atoms with E-state index in [4.69, 9.17) is 1.37 Å². The maximum atomic E-state index is 9.76. The van der Waals surface area contributed by atoms with Crippen molar-refractivity contribution in [1.29, 1.82) is 0 Å². The molecule has 7 heteroatoms. The average molecular weight is 1290 g/mol. The van der Waals surface area contributed by atoms with Gasteiger partial charge in [0.2, 0.25) is 0 Å². The fraction of sp³-hybridized carbons (Fsp3) is 0.133. The highest BCUT2D eigenvalue weighted by atomic mass is 32.1. The molecule has 0 aliphatic carbocycles. The van der Waals surface area contributed by atoms with E-state index in [1.54, 1.807) is 0 Å². The van der Waals surface area contributed by atoms with Gasteiger partial charge in [0.1, 0.15) is 0 Å². The van der Waals surface area contributed by atoms with Crippen LogP contribution in [0.2, 0.25) is 0 Å². The van der Waals surface area contributed by atoms with Gasteiger partial charge >= 0.3 is 0 Å². The summed E-state index contributed by atoms with van der Waals surface area (Å²) in [4.78, 5) is 5.32. The third kappa shape index (κ3) is 8.67. The van der Waals surface area contributed by atoms with Gasteiger partial charge in [-0.1, -0.05) is 244 Å². The van der Waals surface area contributed by atoms with E-state index in [1.807, 2.05) is 11.3 Å². The number of fused-ring (bicyclic) bond motifs is 16. The molecule has 0 radical (unpaired) electrons. The molecule has 2 aliphatic rings. The van der Waals surface area contributed by atoms with Gasteiger partial charge in [0, 0.05) is 95.8 Å². The van der Waals surface area contributed by atoms with Crippen molar-refractivity contribution in [2.75, 3.05) is 9.80 Å². The summed E-state index contributed by atoms with van der Waals surface area (Å²) in [6.45, 7) is 20.8. The molecule has 0 fully saturated rings. The quantitative estimate of drug-likeness (QED) is 0.154. The van der Waals surface area contributed by atoms with Gasteiger partial charge in [-0.05, 0) is 145 Å². The molecule has 0 bridgehead atoms. The first kappa shape index (κ1) is 53.8. The Kier molecular flexibility index (Phi) is 11.7. The first-order chi connectivity index (χ1) is 48.7. The minimum absolute atomic E-state index is 0.0216. The lowest BCUT2D eigenvalue weighted by molar-refractivity contribution is 0.590. The molecule has 466 valence electrons. The van der Waals surface area contributed by atoms with Crippen molar-refractivity contribution < 1.29 is 5.48 Å². The molecule has 2 aliphatic heterocycles. The zero-order chi connectivity index (χ0) is 69.0. The largest absolute Gasteiger partial charge is 0.309 e. The molecule has 0 spiro atoms. The molecular formula is C90H71BN4S2. The van der Waals surface area contributed by atoms with Crippen LogP contribution >= 0.6 is 22.7 Å². The molecule has 4 nitrogen and oxygen atoms in total. The summed E-state index contributed by atoms with van der Waals surface area (Å²) in [6.07, 6.45) is 0. The number of nitrogens with zero attached hydrogens (tertiary/aromatic N) is 4. The van der Waals surface area contributed by atoms with Crippen LogP contribution in [0.1, 0.15) is 84.5 Å². The van der Waals surface area contributed by atoms with Crippen LogP contribution < -0.4 is 26.2 Å². The number of benzene rings is 13. The molecule has 17 aromatic rings. The average Bonchev–Trinajstić information content (AvgIpc) is 1.23. The van der Waals surface area contributed by atoms with Crippen LogP contribution in [-0.2, 0) is 16.2 Å². The zero-order valence-electron chi connectivity index (χ0n) is 59.8. The summed E-state index contributed by atoms with van der Waals surface area (Å²) in [5, 5.41) is 8.54. The Balaban J connectivity index is 1.00. The fourth-order valence-corrected chi connectivity index (χ4v) is 18.4. The number of hydrogen-bond acceptors (Lipinski definition) is 4. The summed E-state index contributed by atoms with van der Waals surface area (Å²) < 4.78 is 46.3. The minimum atomic E-state index is -0.389. The SMILES string of the molecule is [2H]c1c([2H])c([2H])c2c(sc3cccc(-c4cccc(-n5c6ccccc6c6ccccc65)c4N4c5cc(C(C)(C)C)ccc5B5c6ccc(C(C)(C)C)cc6N(c6c(-c7ccc8c(c7)sc7ccccc78)cccc6-n6c7ccccc7c7ccccc76)c6cc(C(C)(C)C)cc4c65)c32)c1[2H]. The van der Waals surface area contributed by atoms with Gasteiger partial charge in [-0.2, -0.15) is 0 Å². The van der Waals surface area contributed by atoms with Crippen LogP contribution in [0.25, 0.3) is 118 Å². The number of rotatable bonds is 6. The number of anilines is 6. The smallest absolute Gasteiger partial charge is 0.252 e. The van der Waals surface area contributed by atoms with E-state index in [-0.39, 0.29) is 47.1 Å². The van der Waals surface area contributed by atoms with Crippen LogP contribution in [0.5, 0.6) is 0 Å². The first-order valence-electron chi connectivity index (χ1n) is 35.9. The standard InChI is InChI=1S/C90H71BN4S2/c1-88(2,3)55-44-47-68-76(50-55)94(86-58(54-43-46-64-63-29-14-20-40-80(63)97-83(64)49-54)31-22-38-74(86)92-70-34-16-10-25-59(70)60-26-11-17-35-71(60)92)78-52-57(90(7,8)9)53-79-85(78)91(68)69-48-45-56(89(4,5)6)51-77(69)95(79)87-66(65-32-24-42-82-84(65)67-30-15-21-41-81(67)96-82)33-23-39-75(87)93-72-36-18-12-27-61(72)62-28-13-19-37-73(62)93/h10-53H,1-9H3/i15D,21D,30D,41D. The molecular weight excluding hydrogens is 1210 g/mol. The Morgan fingerprint density at radius 3 is 1.30 bits per heavy atom. The Morgan fingerprint density at radius 2 is 0.753 bits per heavy atom. The van der Waals surface area contributed by atoms with E-state index in [9.17, 15) is 4.11 Å². The lowest BCUT2D eigenvalue weighted by Gasteiger charge is -2.47. The summed E-state index contributed by atoms with van der Waals surface area (Å²) in [5.41, 5.74) is 23.2. The molecule has 0 atom stereocenters. The van der Waals surface area contributed by atoms with Crippen LogP contribution in [0.4, 0.5) is 34.1 Å². The predicted molar refractivity (Wildman–Crippen MR) is 422 cm³/mol. The third-order valence-corrected chi connectivity index (χ3v) is 23.1. The van der Waals surface area contributed by atoms with Crippen LogP contribution in [0, 0.1) is 0 Å². The highest BCUT2D eigenvalue weighted by molar-refractivity contribution is 7.26. The van der Waals surface area contributed by atoms with Crippen molar-refractivity contribution in [3.8, 4) is 33.6 Å². The van der Waals surface area contributed by atoms with Gasteiger partial charge in [0.05, 0.1) is 50.3 Å². The van der Waals surface area contributed by atoms with Crippen molar-refractivity contribution in [3.05, 3.63) is 284 Å². The molecule has 97 heavy (non-hydrogen) atoms. The van der Waals surface area contributed by atoms with Crippen molar-refractivity contribution in [3.63, 3.8) is 0 Å². The van der Waals surface area contributed by atoms with Gasteiger partial charge < -0.3 is 18.9 Å². The Morgan fingerprint density at radius 1 is 0.320 bits per heavy atom. The third-order valence-electron chi connectivity index (χ3n) is 20.9. The number of hydrogen-bond donors (Lipinski definition) is 0. The maximum absolute atomic E-state index is 9.76. The van der Waals surface area contributed by atoms with E-state index in [0.29, 0.717) is 10.1 Å². The van der Waals surface area contributed by atoms with E-state index < -0.39 is 0 Å². The number of thiophene rings is 2. The van der Waals surface area contributed by atoms with Crippen LogP contribution in [-0.4, -0.2) is 15.8 Å². The van der Waals surface area contributed by atoms with Gasteiger partial charge in [-0.25, -0.2) is 0 Å². The molecule has 4 aromatic heterocycles. The Bertz CT molecular complexity index is 6340. The zero-order valence-corrected chi connectivity index (χ0v) is 57.4. The van der Waals surface area contributed by atoms with E-state index >= 15 is 0 Å². The highest BCUT2D eigenvalue weighted by Crippen LogP contribution is 2.56. The molecule has 0 N–H and O–H groups in total. The van der Waals surface area contributed by atoms with Gasteiger partial charge in [0.15, 0.2) is 0 Å². The molecule has 6 heterocycles. The Hall–Kier alpha value is -10.4. The van der Waals surface area contributed by atoms with E-state index in [1.165, 1.54) is 75.4 Å². The summed E-state index contributed by atoms with van der Waals surface area (Å²) in [7, 11) is 0. The second-order valence-corrected chi connectivity index (χ2v) is 31.8. The first-order valence-corrected chi connectivity index (χ1v) is 35.5. The normalized spacial score (nSPS) is 13.9. The molecule has 0 saturated carbocycles. The Labute approximate surface area is 580 Å². The van der Waals surface area contributed by atoms with Crippen molar-refractivity contribution in [2.24, 2.45) is 0 Å². The number of para-hydroxylation sites is 6. The molecule has 13 aromatic carbocycles. The lowest BCUT2D eigenvalue weighted by atomic mass is 9.33. The monoisotopic (exact) mass is 1290 g/mol. The topological polar surface area (TPSA) is 16.3 Å². The van der Waals surface area contributed by atoms with Crippen LogP contribution in [0.3, 0.4) is 0 Å². The molecule has 0 saturated heterocycles. The number of aromatic nitrogens is 2. The van der Waals surface area contributed by atoms with E-state index in [0.717, 1.165) is 111 Å². The molecule has 19 rings (SSSR count). The van der Waals surface area contributed by atoms with Crippen molar-refractivity contribution in [2.45, 2.75) is 78.6 Å². The lowest BCUT2D eigenvalue weighted by Crippen LogP contribution is -2.61. The van der Waals surface area contributed by atoms with Crippen LogP contribution in [0.15, 0.2) is 267 Å². The second-order valence-electron chi connectivity index (χ2n) is 29.7. The highest BCUT2D eigenvalue weighted by Gasteiger charge is 2.47. The van der Waals surface area contributed by atoms with Crippen molar-refractivity contribution in [1.82, 2.24) is 9.13 Å². The predicted octanol–water partition coefficient (Wildman–Crippen LogP) is 23.9. The van der Waals surface area contributed by atoms with Crippen molar-refractivity contribution >= 4 is 164 Å². The summed E-state index contributed by atoms with van der Waals surface area (Å²) >= 11 is 3.30. The second kappa shape index (κ2) is 21.0. The van der Waals surface area contributed by atoms with Gasteiger partial charge in [0.25, 0.3) is 6.71 Å². The summed E-state index contributed by atoms with van der Waals surface area (Å²) in [5.74, 6) is 0. The van der Waals surface area contributed by atoms with Gasteiger partial charge in [-0.15, -0.1) is 22.7 Å². The molecule has 0 amide bonds. The van der Waals surface area contributed by atoms with Gasteiger partial charge in [-0.3, -0.25) is 0 Å². The van der Waals surface area contributed by atoms with E-state index in [2.05, 4.69) is 324 Å². The summed E-state index contributed by atoms with van der Waals surface area (Å²) in [6, 6.07) is 90.6. The maximum Gasteiger partial charge on any atom is 0.252 e. The fourth-order valence-electron chi connectivity index (χ4n) is 16.2. The molecule has 0 unspecified atom stereocenters.